The number of rotatable bonds is 15. The SMILES string of the molecule is C=Cc1nn(C2CCCCO2)c2cnc(-c3c(C)nn(C)c3O[C@H](C)CN(CC)Cc3c(I)c(CC)nn3CCO[Si](C)(C)C(C)(C)C)cc12. The normalized spacial score (nSPS) is 16.4. The molecule has 0 spiro atoms. The summed E-state index contributed by atoms with van der Waals surface area (Å²) in [5, 5.41) is 15.8. The van der Waals surface area contributed by atoms with Crippen LogP contribution in [-0.4, -0.2) is 79.9 Å². The first-order valence-corrected chi connectivity index (χ1v) is 22.1. The van der Waals surface area contributed by atoms with Crippen molar-refractivity contribution < 1.29 is 13.9 Å². The van der Waals surface area contributed by atoms with Crippen molar-refractivity contribution in [1.29, 1.82) is 0 Å². The van der Waals surface area contributed by atoms with E-state index in [1.54, 1.807) is 6.08 Å². The summed E-state index contributed by atoms with van der Waals surface area (Å²) in [6.45, 7) is 28.6. The predicted molar refractivity (Wildman–Crippen MR) is 212 cm³/mol. The van der Waals surface area contributed by atoms with Crippen LogP contribution < -0.4 is 4.74 Å². The van der Waals surface area contributed by atoms with E-state index < -0.39 is 8.32 Å². The first kappa shape index (κ1) is 38.6. The first-order chi connectivity index (χ1) is 23.7. The Morgan fingerprint density at radius 2 is 1.96 bits per heavy atom. The fourth-order valence-corrected chi connectivity index (χ4v) is 8.33. The van der Waals surface area contributed by atoms with Gasteiger partial charge in [-0.2, -0.15) is 15.3 Å². The van der Waals surface area contributed by atoms with Crippen LogP contribution in [0.3, 0.4) is 0 Å². The molecule has 0 aliphatic carbocycles. The van der Waals surface area contributed by atoms with Gasteiger partial charge in [-0.1, -0.05) is 41.2 Å². The van der Waals surface area contributed by atoms with E-state index in [0.717, 1.165) is 97.7 Å². The molecular formula is C37H57IN8O3Si. The standard InChI is InChI=1S/C37H57IN8O3Si/c1-12-28-27-21-30(39-22-31(27)46(42-28)33-17-15-16-19-47-33)34-26(5)40-43(9)36(34)49-25(4)23-44(14-3)24-32-35(38)29(13-2)41-45(32)18-20-48-50(10,11)37(6,7)8/h12,21-22,25,33H,1,13-20,23-24H2,2-11H3/t25-,33?/m1/s1. The summed E-state index contributed by atoms with van der Waals surface area (Å²) in [4.78, 5) is 7.36. The van der Waals surface area contributed by atoms with Gasteiger partial charge in [0.05, 0.1) is 62.5 Å². The number of halogens is 1. The van der Waals surface area contributed by atoms with Gasteiger partial charge in [-0.05, 0) is 98.9 Å². The van der Waals surface area contributed by atoms with Gasteiger partial charge in [0.25, 0.3) is 0 Å². The largest absolute Gasteiger partial charge is 0.473 e. The van der Waals surface area contributed by atoms with E-state index in [1.807, 2.05) is 29.5 Å². The van der Waals surface area contributed by atoms with Crippen LogP contribution in [0.25, 0.3) is 28.2 Å². The average Bonchev–Trinajstić information content (AvgIpc) is 3.69. The Bertz CT molecular complexity index is 1780. The molecule has 5 rings (SSSR count). The molecular weight excluding hydrogens is 759 g/mol. The average molecular weight is 817 g/mol. The molecule has 1 aliphatic rings. The zero-order chi connectivity index (χ0) is 36.4. The highest BCUT2D eigenvalue weighted by molar-refractivity contribution is 14.1. The Kier molecular flexibility index (Phi) is 12.3. The number of ether oxygens (including phenoxy) is 2. The van der Waals surface area contributed by atoms with Crippen LogP contribution in [0.4, 0.5) is 0 Å². The molecule has 13 heteroatoms. The van der Waals surface area contributed by atoms with E-state index in [1.165, 1.54) is 9.26 Å². The third-order valence-corrected chi connectivity index (χ3v) is 16.1. The molecule has 5 heterocycles. The van der Waals surface area contributed by atoms with Crippen molar-refractivity contribution >= 4 is 47.9 Å². The van der Waals surface area contributed by atoms with E-state index in [4.69, 9.17) is 34.2 Å². The van der Waals surface area contributed by atoms with Gasteiger partial charge in [0.2, 0.25) is 5.88 Å². The summed E-state index contributed by atoms with van der Waals surface area (Å²) < 4.78 is 26.5. The van der Waals surface area contributed by atoms with Crippen LogP contribution in [0, 0.1) is 10.5 Å². The molecule has 0 bridgehead atoms. The van der Waals surface area contributed by atoms with Crippen LogP contribution in [0.15, 0.2) is 18.8 Å². The first-order valence-electron chi connectivity index (χ1n) is 18.1. The number of pyridine rings is 1. The van der Waals surface area contributed by atoms with Crippen LogP contribution in [0.1, 0.15) is 89.8 Å². The smallest absolute Gasteiger partial charge is 0.221 e. The molecule has 4 aromatic heterocycles. The molecule has 0 aromatic carbocycles. The number of hydrogen-bond donors (Lipinski definition) is 0. The minimum absolute atomic E-state index is 0.0833. The van der Waals surface area contributed by atoms with Gasteiger partial charge >= 0.3 is 0 Å². The molecule has 50 heavy (non-hydrogen) atoms. The van der Waals surface area contributed by atoms with E-state index in [9.17, 15) is 0 Å². The number of hydrogen-bond acceptors (Lipinski definition) is 8. The van der Waals surface area contributed by atoms with Crippen LogP contribution in [0.2, 0.25) is 18.1 Å². The molecule has 1 fully saturated rings. The van der Waals surface area contributed by atoms with Gasteiger partial charge in [-0.15, -0.1) is 0 Å². The highest BCUT2D eigenvalue weighted by Crippen LogP contribution is 2.37. The van der Waals surface area contributed by atoms with E-state index in [2.05, 4.69) is 99.5 Å². The predicted octanol–water partition coefficient (Wildman–Crippen LogP) is 8.16. The monoisotopic (exact) mass is 816 g/mol. The lowest BCUT2D eigenvalue weighted by molar-refractivity contribution is -0.0367. The van der Waals surface area contributed by atoms with Crippen LogP contribution in [0.5, 0.6) is 5.88 Å². The summed E-state index contributed by atoms with van der Waals surface area (Å²) in [6, 6.07) is 2.09. The van der Waals surface area contributed by atoms with Crippen LogP contribution >= 0.6 is 22.6 Å². The topological polar surface area (TPSA) is 97.3 Å². The quantitative estimate of drug-likeness (QED) is 0.0877. The molecule has 11 nitrogen and oxygen atoms in total. The molecule has 1 unspecified atom stereocenters. The molecule has 274 valence electrons. The van der Waals surface area contributed by atoms with Crippen molar-refractivity contribution in [3.63, 3.8) is 0 Å². The summed E-state index contributed by atoms with van der Waals surface area (Å²) in [6.07, 6.45) is 7.56. The Balaban J connectivity index is 1.34. The molecule has 0 radical (unpaired) electrons. The van der Waals surface area contributed by atoms with Gasteiger partial charge in [-0.25, -0.2) is 9.36 Å². The molecule has 1 saturated heterocycles. The number of nitrogens with zero attached hydrogens (tertiary/aromatic N) is 8. The number of fused-ring (bicyclic) bond motifs is 1. The van der Waals surface area contributed by atoms with Crippen molar-refractivity contribution in [1.82, 2.24) is 39.2 Å². The van der Waals surface area contributed by atoms with Crippen molar-refractivity contribution in [3.8, 4) is 17.1 Å². The molecule has 0 amide bonds. The van der Waals surface area contributed by atoms with E-state index in [-0.39, 0.29) is 17.4 Å². The van der Waals surface area contributed by atoms with Gasteiger partial charge in [-0.3, -0.25) is 14.6 Å². The Morgan fingerprint density at radius 3 is 2.60 bits per heavy atom. The summed E-state index contributed by atoms with van der Waals surface area (Å²) in [5.41, 5.74) is 6.70. The molecule has 4 aromatic rings. The maximum Gasteiger partial charge on any atom is 0.221 e. The number of aromatic nitrogens is 7. The van der Waals surface area contributed by atoms with Crippen molar-refractivity contribution in [3.05, 3.63) is 45.2 Å². The lowest BCUT2D eigenvalue weighted by Gasteiger charge is -2.36. The fourth-order valence-electron chi connectivity index (χ4n) is 6.35. The zero-order valence-electron chi connectivity index (χ0n) is 31.8. The Hall–Kier alpha value is -2.59. The summed E-state index contributed by atoms with van der Waals surface area (Å²) >= 11 is 2.48. The molecule has 1 aliphatic heterocycles. The molecule has 0 saturated carbocycles. The Labute approximate surface area is 313 Å². The maximum absolute atomic E-state index is 6.73. The van der Waals surface area contributed by atoms with Gasteiger partial charge < -0.3 is 13.9 Å². The summed E-state index contributed by atoms with van der Waals surface area (Å²) in [7, 11) is 0.0904. The summed E-state index contributed by atoms with van der Waals surface area (Å²) in [5.74, 6) is 0.705. The van der Waals surface area contributed by atoms with Gasteiger partial charge in [0, 0.05) is 32.1 Å². The lowest BCUT2D eigenvalue weighted by Crippen LogP contribution is -2.41. The number of aryl methyl sites for hydroxylation is 3. The van der Waals surface area contributed by atoms with Crippen molar-refractivity contribution in [2.75, 3.05) is 26.3 Å². The highest BCUT2D eigenvalue weighted by atomic mass is 127. The zero-order valence-corrected chi connectivity index (χ0v) is 35.0. The highest BCUT2D eigenvalue weighted by Gasteiger charge is 2.37. The second-order valence-electron chi connectivity index (χ2n) is 15.0. The fraction of sp³-hybridized carbons (Fsp3) is 0.622. The third-order valence-electron chi connectivity index (χ3n) is 10.3. The number of likely N-dealkylation sites (N-methyl/N-ethyl adjacent to an activating group) is 1. The minimum atomic E-state index is -1.84. The van der Waals surface area contributed by atoms with Gasteiger partial charge in [0.15, 0.2) is 14.5 Å². The van der Waals surface area contributed by atoms with Crippen LogP contribution in [-0.2, 0) is 35.7 Å². The minimum Gasteiger partial charge on any atom is -0.473 e. The van der Waals surface area contributed by atoms with Crippen molar-refractivity contribution in [2.24, 2.45) is 7.05 Å². The maximum atomic E-state index is 6.73. The molecule has 2 atom stereocenters. The second-order valence-corrected chi connectivity index (χ2v) is 20.9. The van der Waals surface area contributed by atoms with Gasteiger partial charge in [0.1, 0.15) is 6.10 Å². The second kappa shape index (κ2) is 16.0. The van der Waals surface area contributed by atoms with E-state index in [0.29, 0.717) is 12.5 Å². The Morgan fingerprint density at radius 1 is 1.20 bits per heavy atom. The molecule has 0 N–H and O–H groups in total. The van der Waals surface area contributed by atoms with E-state index >= 15 is 0 Å². The third kappa shape index (κ3) is 8.21. The van der Waals surface area contributed by atoms with Crippen molar-refractivity contribution in [2.45, 2.75) is 118 Å². The lowest BCUT2D eigenvalue weighted by atomic mass is 10.1.